The molecule has 0 spiro atoms. The highest BCUT2D eigenvalue weighted by Gasteiger charge is 2.14. The summed E-state index contributed by atoms with van der Waals surface area (Å²) in [6.07, 6.45) is 1.24. The van der Waals surface area contributed by atoms with E-state index in [2.05, 4.69) is 9.73 Å². The molecule has 0 saturated carbocycles. The van der Waals surface area contributed by atoms with Crippen molar-refractivity contribution in [3.05, 3.63) is 29.3 Å². The van der Waals surface area contributed by atoms with Crippen molar-refractivity contribution in [3.8, 4) is 0 Å². The summed E-state index contributed by atoms with van der Waals surface area (Å²) in [5, 5.41) is 8.83. The summed E-state index contributed by atoms with van der Waals surface area (Å²) in [6.45, 7) is 0. The van der Waals surface area contributed by atoms with Crippen molar-refractivity contribution >= 4 is 23.7 Å². The van der Waals surface area contributed by atoms with E-state index < -0.39 is 11.9 Å². The molecule has 82 valence electrons. The fourth-order valence-electron chi connectivity index (χ4n) is 1.10. The minimum Gasteiger partial charge on any atom is -0.478 e. The van der Waals surface area contributed by atoms with Gasteiger partial charge in [-0.25, -0.2) is 14.4 Å². The van der Waals surface area contributed by atoms with Gasteiger partial charge in [0.2, 0.25) is 6.08 Å². The van der Waals surface area contributed by atoms with Crippen LogP contribution in [0.3, 0.4) is 0 Å². The molecule has 0 atom stereocenters. The second kappa shape index (κ2) is 4.86. The Hall–Kier alpha value is -2.46. The van der Waals surface area contributed by atoms with Gasteiger partial charge in [0.05, 0.1) is 23.9 Å². The van der Waals surface area contributed by atoms with Crippen LogP contribution in [-0.4, -0.2) is 30.2 Å². The number of hydrogen-bond acceptors (Lipinski definition) is 5. The Morgan fingerprint density at radius 1 is 1.44 bits per heavy atom. The van der Waals surface area contributed by atoms with Gasteiger partial charge in [0.15, 0.2) is 0 Å². The van der Waals surface area contributed by atoms with Gasteiger partial charge in [-0.15, -0.1) is 0 Å². The molecular formula is C10H7NO5. The Kier molecular flexibility index (Phi) is 3.53. The number of rotatable bonds is 3. The molecule has 0 aliphatic carbocycles. The number of benzene rings is 1. The predicted octanol–water partition coefficient (Wildman–Crippen LogP) is 1.14. The van der Waals surface area contributed by atoms with Crippen LogP contribution in [-0.2, 0) is 9.53 Å². The second-order valence-corrected chi connectivity index (χ2v) is 2.73. The first kappa shape index (κ1) is 11.6. The normalized spacial score (nSPS) is 9.06. The smallest absolute Gasteiger partial charge is 0.337 e. The molecule has 0 bridgehead atoms. The molecule has 0 aliphatic rings. The van der Waals surface area contributed by atoms with Crippen molar-refractivity contribution in [1.82, 2.24) is 0 Å². The van der Waals surface area contributed by atoms with E-state index in [1.54, 1.807) is 0 Å². The van der Waals surface area contributed by atoms with E-state index in [9.17, 15) is 14.4 Å². The molecule has 1 aromatic rings. The van der Waals surface area contributed by atoms with Gasteiger partial charge >= 0.3 is 11.9 Å². The van der Waals surface area contributed by atoms with Gasteiger partial charge in [0.25, 0.3) is 0 Å². The average Bonchev–Trinajstić information content (AvgIpc) is 2.28. The molecule has 6 nitrogen and oxygen atoms in total. The van der Waals surface area contributed by atoms with E-state index in [1.165, 1.54) is 25.3 Å². The van der Waals surface area contributed by atoms with Gasteiger partial charge in [-0.1, -0.05) is 0 Å². The van der Waals surface area contributed by atoms with Crippen molar-refractivity contribution < 1.29 is 24.2 Å². The predicted molar refractivity (Wildman–Crippen MR) is 52.5 cm³/mol. The van der Waals surface area contributed by atoms with Crippen molar-refractivity contribution in [2.24, 2.45) is 4.99 Å². The second-order valence-electron chi connectivity index (χ2n) is 2.73. The summed E-state index contributed by atoms with van der Waals surface area (Å²) < 4.78 is 4.43. The SMILES string of the molecule is COC(=O)c1ccc(N=C=O)c(C(=O)O)c1. The Morgan fingerprint density at radius 3 is 2.62 bits per heavy atom. The van der Waals surface area contributed by atoms with Crippen LogP contribution in [0.2, 0.25) is 0 Å². The first-order valence-electron chi connectivity index (χ1n) is 4.13. The third-order valence-corrected chi connectivity index (χ3v) is 1.81. The third kappa shape index (κ3) is 2.31. The number of isocyanates is 1. The maximum Gasteiger partial charge on any atom is 0.337 e. The summed E-state index contributed by atoms with van der Waals surface area (Å²) >= 11 is 0. The lowest BCUT2D eigenvalue weighted by Crippen LogP contribution is -2.04. The average molecular weight is 221 g/mol. The molecule has 0 aliphatic heterocycles. The largest absolute Gasteiger partial charge is 0.478 e. The van der Waals surface area contributed by atoms with Crippen LogP contribution < -0.4 is 0 Å². The lowest BCUT2D eigenvalue weighted by molar-refractivity contribution is 0.0601. The zero-order valence-electron chi connectivity index (χ0n) is 8.26. The molecule has 1 aromatic carbocycles. The summed E-state index contributed by atoms with van der Waals surface area (Å²) in [5.41, 5.74) is -0.244. The van der Waals surface area contributed by atoms with Gasteiger partial charge in [0, 0.05) is 0 Å². The maximum absolute atomic E-state index is 11.1. The van der Waals surface area contributed by atoms with Gasteiger partial charge in [0.1, 0.15) is 0 Å². The van der Waals surface area contributed by atoms with Crippen LogP contribution in [0.5, 0.6) is 0 Å². The molecule has 0 saturated heterocycles. The van der Waals surface area contributed by atoms with Crippen LogP contribution in [0.1, 0.15) is 20.7 Å². The number of methoxy groups -OCH3 is 1. The maximum atomic E-state index is 11.1. The number of esters is 1. The Bertz CT molecular complexity index is 488. The lowest BCUT2D eigenvalue weighted by atomic mass is 10.1. The summed E-state index contributed by atoms with van der Waals surface area (Å²) in [4.78, 5) is 35.2. The van der Waals surface area contributed by atoms with Crippen LogP contribution in [0.4, 0.5) is 5.69 Å². The highest BCUT2D eigenvalue weighted by molar-refractivity contribution is 5.98. The molecule has 0 unspecified atom stereocenters. The molecule has 6 heteroatoms. The molecule has 1 rings (SSSR count). The van der Waals surface area contributed by atoms with Crippen molar-refractivity contribution in [1.29, 1.82) is 0 Å². The Labute approximate surface area is 90.2 Å². The van der Waals surface area contributed by atoms with E-state index in [1.807, 2.05) is 0 Å². The molecule has 16 heavy (non-hydrogen) atoms. The van der Waals surface area contributed by atoms with Crippen LogP contribution in [0.25, 0.3) is 0 Å². The number of carboxylic acids is 1. The number of ether oxygens (including phenoxy) is 1. The standard InChI is InChI=1S/C10H7NO5/c1-16-10(15)6-2-3-8(11-5-12)7(4-6)9(13)14/h2-4H,1H3,(H,13,14). The van der Waals surface area contributed by atoms with Crippen molar-refractivity contribution in [2.45, 2.75) is 0 Å². The molecule has 0 fully saturated rings. The van der Waals surface area contributed by atoms with Crippen LogP contribution in [0.15, 0.2) is 23.2 Å². The lowest BCUT2D eigenvalue weighted by Gasteiger charge is -2.02. The number of hydrogen-bond donors (Lipinski definition) is 1. The molecule has 0 amide bonds. The zero-order chi connectivity index (χ0) is 12.1. The minimum atomic E-state index is -1.29. The van der Waals surface area contributed by atoms with Gasteiger partial charge in [-0.05, 0) is 18.2 Å². The van der Waals surface area contributed by atoms with E-state index >= 15 is 0 Å². The highest BCUT2D eigenvalue weighted by atomic mass is 16.5. The number of carbonyl (C=O) groups excluding carboxylic acids is 2. The molecule has 0 aromatic heterocycles. The first-order valence-corrected chi connectivity index (χ1v) is 4.13. The number of aliphatic imine (C=N–C) groups is 1. The molecular weight excluding hydrogens is 214 g/mol. The summed E-state index contributed by atoms with van der Waals surface area (Å²) in [6, 6.07) is 3.64. The van der Waals surface area contributed by atoms with E-state index in [-0.39, 0.29) is 16.8 Å². The number of carboxylic acid groups (broad SMARTS) is 1. The van der Waals surface area contributed by atoms with Gasteiger partial charge in [-0.2, -0.15) is 4.99 Å². The van der Waals surface area contributed by atoms with Crippen molar-refractivity contribution in [2.75, 3.05) is 7.11 Å². The number of nitrogens with zero attached hydrogens (tertiary/aromatic N) is 1. The van der Waals surface area contributed by atoms with E-state index in [0.29, 0.717) is 0 Å². The Morgan fingerprint density at radius 2 is 2.12 bits per heavy atom. The first-order chi connectivity index (χ1) is 7.60. The van der Waals surface area contributed by atoms with E-state index in [0.717, 1.165) is 6.07 Å². The highest BCUT2D eigenvalue weighted by Crippen LogP contribution is 2.20. The fraction of sp³-hybridized carbons (Fsp3) is 0.100. The quantitative estimate of drug-likeness (QED) is 0.469. The monoisotopic (exact) mass is 221 g/mol. The minimum absolute atomic E-state index is 0.0600. The molecule has 0 heterocycles. The third-order valence-electron chi connectivity index (χ3n) is 1.81. The Balaban J connectivity index is 3.33. The fourth-order valence-corrected chi connectivity index (χ4v) is 1.10. The molecule has 1 N–H and O–H groups in total. The number of carbonyl (C=O) groups is 2. The molecule has 0 radical (unpaired) electrons. The van der Waals surface area contributed by atoms with Gasteiger partial charge in [-0.3, -0.25) is 0 Å². The van der Waals surface area contributed by atoms with Crippen LogP contribution in [0, 0.1) is 0 Å². The zero-order valence-corrected chi connectivity index (χ0v) is 8.26. The van der Waals surface area contributed by atoms with Gasteiger partial charge < -0.3 is 9.84 Å². The van der Waals surface area contributed by atoms with Crippen LogP contribution >= 0.6 is 0 Å². The van der Waals surface area contributed by atoms with E-state index in [4.69, 9.17) is 5.11 Å². The summed E-state index contributed by atoms with van der Waals surface area (Å²) in [5.74, 6) is -1.95. The van der Waals surface area contributed by atoms with Crippen molar-refractivity contribution in [3.63, 3.8) is 0 Å². The number of aromatic carboxylic acids is 1. The summed E-state index contributed by atoms with van der Waals surface area (Å²) in [7, 11) is 1.18. The topological polar surface area (TPSA) is 93.0 Å².